The molecule has 4 heterocycles. The largest absolute Gasteiger partial charge is 0.132 e. The van der Waals surface area contributed by atoms with Crippen LogP contribution in [0.25, 0.3) is 67.2 Å². The van der Waals surface area contributed by atoms with Crippen LogP contribution in [0.4, 0.5) is 0 Å². The Morgan fingerprint density at radius 1 is 0.333 bits per heavy atom. The Hall–Kier alpha value is -1.10. The van der Waals surface area contributed by atoms with Crippen molar-refractivity contribution in [3.8, 4) is 0 Å². The number of rotatable bonds is 0. The van der Waals surface area contributed by atoms with Gasteiger partial charge in [-0.05, 0) is 24.3 Å². The first-order valence-electron chi connectivity index (χ1n) is 9.19. The average Bonchev–Trinajstić information content (AvgIpc) is 3.42. The highest BCUT2D eigenvalue weighted by molar-refractivity contribution is 7.78. The quantitative estimate of drug-likeness (QED) is 0.136. The van der Waals surface area contributed by atoms with Crippen LogP contribution < -0.4 is 0 Å². The Kier molecular flexibility index (Phi) is 3.63. The predicted molar refractivity (Wildman–Crippen MR) is 150 cm³/mol. The molecular formula is C22H8S8. The number of hydrogen-bond donors (Lipinski definition) is 0. The standard InChI is InChI=1S/C22H8S8/c1-2-6-10-9(5-1)23-19-15-13-14-16(20(19)24-10)28-30-18(14)22-21(17(13)29-27-15)25-11-7-3-4-8-12(11)26-22/h1-8H. The third kappa shape index (κ3) is 2.18. The SMILES string of the molecule is c1ccc2sc3c(sc2c1)c1ssc2c4sc5ccccc5sc4c4ssc3c4c12. The van der Waals surface area contributed by atoms with Gasteiger partial charge in [0.15, 0.2) is 0 Å². The molecule has 0 amide bonds. The molecule has 0 aliphatic carbocycles. The second-order valence-corrected chi connectivity index (χ2v) is 15.5. The zero-order valence-electron chi connectivity index (χ0n) is 14.9. The Balaban J connectivity index is 1.71. The molecule has 8 rings (SSSR count). The molecule has 0 aliphatic heterocycles. The first-order chi connectivity index (χ1) is 14.9. The second kappa shape index (κ2) is 6.24. The monoisotopic (exact) mass is 528 g/mol. The number of hydrogen-bond acceptors (Lipinski definition) is 8. The topological polar surface area (TPSA) is 0 Å². The lowest BCUT2D eigenvalue weighted by molar-refractivity contribution is 1.88. The van der Waals surface area contributed by atoms with Gasteiger partial charge in [0, 0.05) is 29.6 Å². The maximum atomic E-state index is 2.27. The third-order valence-electron chi connectivity index (χ3n) is 5.36. The highest BCUT2D eigenvalue weighted by atomic mass is 32.9. The van der Waals surface area contributed by atoms with E-state index in [1.165, 1.54) is 67.2 Å². The van der Waals surface area contributed by atoms with Crippen LogP contribution in [-0.4, -0.2) is 0 Å². The average molecular weight is 529 g/mol. The van der Waals surface area contributed by atoms with Gasteiger partial charge < -0.3 is 0 Å². The van der Waals surface area contributed by atoms with Crippen molar-refractivity contribution >= 4 is 154 Å². The van der Waals surface area contributed by atoms with Gasteiger partial charge in [-0.2, -0.15) is 0 Å². The fourth-order valence-electron chi connectivity index (χ4n) is 4.06. The lowest BCUT2D eigenvalue weighted by Gasteiger charge is -2.08. The van der Waals surface area contributed by atoms with Gasteiger partial charge in [0.2, 0.25) is 0 Å². The molecule has 0 N–H and O–H groups in total. The van der Waals surface area contributed by atoms with E-state index in [2.05, 4.69) is 48.5 Å². The van der Waals surface area contributed by atoms with E-state index in [1.807, 2.05) is 86.7 Å². The molecule has 0 radical (unpaired) electrons. The second-order valence-electron chi connectivity index (χ2n) is 7.02. The van der Waals surface area contributed by atoms with Crippen LogP contribution in [0, 0.1) is 0 Å². The van der Waals surface area contributed by atoms with Crippen molar-refractivity contribution in [3.63, 3.8) is 0 Å². The smallest absolute Gasteiger partial charge is 0.0658 e. The molecule has 8 aromatic rings. The summed E-state index contributed by atoms with van der Waals surface area (Å²) >= 11 is 7.88. The summed E-state index contributed by atoms with van der Waals surface area (Å²) < 4.78 is 17.5. The zero-order chi connectivity index (χ0) is 19.4. The van der Waals surface area contributed by atoms with Crippen molar-refractivity contribution in [3.05, 3.63) is 48.5 Å². The highest BCUT2D eigenvalue weighted by Crippen LogP contribution is 2.57. The minimum absolute atomic E-state index is 1.39. The minimum Gasteiger partial charge on any atom is -0.132 e. The minimum atomic E-state index is 1.39. The summed E-state index contributed by atoms with van der Waals surface area (Å²) in [4.78, 5) is 0. The third-order valence-corrected chi connectivity index (χ3v) is 16.1. The van der Waals surface area contributed by atoms with Gasteiger partial charge in [0.05, 0.1) is 37.6 Å². The van der Waals surface area contributed by atoms with Crippen molar-refractivity contribution in [1.82, 2.24) is 0 Å². The van der Waals surface area contributed by atoms with Crippen LogP contribution >= 0.6 is 86.7 Å². The van der Waals surface area contributed by atoms with Gasteiger partial charge in [-0.3, -0.25) is 0 Å². The molecule has 0 aliphatic rings. The summed E-state index contributed by atoms with van der Waals surface area (Å²) in [5.41, 5.74) is 0. The van der Waals surface area contributed by atoms with E-state index < -0.39 is 0 Å². The van der Waals surface area contributed by atoms with Gasteiger partial charge >= 0.3 is 0 Å². The summed E-state index contributed by atoms with van der Waals surface area (Å²) in [7, 11) is 7.91. The highest BCUT2D eigenvalue weighted by Gasteiger charge is 2.23. The fraction of sp³-hybridized carbons (Fsp3) is 0. The predicted octanol–water partition coefficient (Wildman–Crippen LogP) is 11.4. The first kappa shape index (κ1) is 17.5. The normalized spacial score (nSPS) is 12.7. The summed E-state index contributed by atoms with van der Waals surface area (Å²) in [5, 5.41) is 3.04. The van der Waals surface area contributed by atoms with E-state index in [-0.39, 0.29) is 0 Å². The van der Waals surface area contributed by atoms with Crippen LogP contribution in [0.15, 0.2) is 48.5 Å². The van der Waals surface area contributed by atoms with Gasteiger partial charge in [0.25, 0.3) is 0 Å². The molecule has 0 nitrogen and oxygen atoms in total. The Bertz CT molecular complexity index is 1680. The van der Waals surface area contributed by atoms with Crippen LogP contribution in [-0.2, 0) is 0 Å². The van der Waals surface area contributed by atoms with E-state index in [9.17, 15) is 0 Å². The Morgan fingerprint density at radius 3 is 0.867 bits per heavy atom. The Morgan fingerprint density at radius 2 is 0.600 bits per heavy atom. The Labute approximate surface area is 200 Å². The van der Waals surface area contributed by atoms with Gasteiger partial charge in [0.1, 0.15) is 0 Å². The van der Waals surface area contributed by atoms with Crippen LogP contribution in [0.1, 0.15) is 0 Å². The van der Waals surface area contributed by atoms with Crippen molar-refractivity contribution in [2.75, 3.05) is 0 Å². The van der Waals surface area contributed by atoms with E-state index >= 15 is 0 Å². The molecule has 0 fully saturated rings. The van der Waals surface area contributed by atoms with Crippen LogP contribution in [0.5, 0.6) is 0 Å². The number of fused-ring (bicyclic) bond motifs is 8. The lowest BCUT2D eigenvalue weighted by atomic mass is 10.1. The van der Waals surface area contributed by atoms with Crippen molar-refractivity contribution in [2.45, 2.75) is 0 Å². The van der Waals surface area contributed by atoms with Gasteiger partial charge in [-0.1, -0.05) is 65.6 Å². The molecule has 0 atom stereocenters. The van der Waals surface area contributed by atoms with Gasteiger partial charge in [-0.25, -0.2) is 0 Å². The summed E-state index contributed by atoms with van der Waals surface area (Å²) in [5.74, 6) is 0. The fourth-order valence-corrected chi connectivity index (χ4v) is 16.0. The van der Waals surface area contributed by atoms with E-state index in [1.54, 1.807) is 0 Å². The maximum absolute atomic E-state index is 2.27. The van der Waals surface area contributed by atoms with E-state index in [0.717, 1.165) is 0 Å². The summed E-state index contributed by atoms with van der Waals surface area (Å²) in [6.45, 7) is 0. The first-order valence-corrected chi connectivity index (χ1v) is 16.8. The summed E-state index contributed by atoms with van der Waals surface area (Å²) in [6.07, 6.45) is 0. The van der Waals surface area contributed by atoms with E-state index in [4.69, 9.17) is 0 Å². The van der Waals surface area contributed by atoms with Crippen LogP contribution in [0.2, 0.25) is 0 Å². The molecule has 0 unspecified atom stereocenters. The molecule has 30 heavy (non-hydrogen) atoms. The van der Waals surface area contributed by atoms with Gasteiger partial charge in [-0.15, -0.1) is 45.3 Å². The maximum Gasteiger partial charge on any atom is 0.0658 e. The molecule has 0 saturated carbocycles. The molecule has 0 saturated heterocycles. The lowest BCUT2D eigenvalue weighted by Crippen LogP contribution is -1.78. The molecule has 8 heteroatoms. The molecule has 4 aromatic heterocycles. The number of benzene rings is 4. The zero-order valence-corrected chi connectivity index (χ0v) is 21.4. The van der Waals surface area contributed by atoms with Crippen molar-refractivity contribution < 1.29 is 0 Å². The van der Waals surface area contributed by atoms with E-state index in [0.29, 0.717) is 0 Å². The van der Waals surface area contributed by atoms with Crippen molar-refractivity contribution in [1.29, 1.82) is 0 Å². The molecule has 144 valence electrons. The van der Waals surface area contributed by atoms with Crippen LogP contribution in [0.3, 0.4) is 0 Å². The molecule has 4 aromatic carbocycles. The molecular weight excluding hydrogens is 521 g/mol. The molecule has 0 spiro atoms. The van der Waals surface area contributed by atoms with Crippen molar-refractivity contribution in [2.24, 2.45) is 0 Å². The summed E-state index contributed by atoms with van der Waals surface area (Å²) in [6, 6.07) is 17.7. The molecule has 0 bridgehead atoms.